The lowest BCUT2D eigenvalue weighted by Crippen LogP contribution is -2.16. The van der Waals surface area contributed by atoms with Gasteiger partial charge in [-0.15, -0.1) is 0 Å². The first-order valence-corrected chi connectivity index (χ1v) is 11.9. The number of rotatable bonds is 14. The molecule has 0 N–H and O–H groups in total. The maximum Gasteiger partial charge on any atom is 0.589 e. The molecule has 2 unspecified atom stereocenters. The second-order valence-corrected chi connectivity index (χ2v) is 8.54. The number of phosphoric acid groups is 1. The molecule has 0 bridgehead atoms. The fraction of sp³-hybridized carbons (Fsp3) is 0.478. The van der Waals surface area contributed by atoms with Gasteiger partial charge in [-0.1, -0.05) is 74.9 Å². The number of phosphoric ester groups is 1. The van der Waals surface area contributed by atoms with Crippen molar-refractivity contribution < 1.29 is 22.9 Å². The van der Waals surface area contributed by atoms with Crippen molar-refractivity contribution in [1.82, 2.24) is 0 Å². The molecule has 0 radical (unpaired) electrons. The van der Waals surface area contributed by atoms with E-state index >= 15 is 0 Å². The lowest BCUT2D eigenvalue weighted by atomic mass is 10.1. The van der Waals surface area contributed by atoms with Crippen LogP contribution in [0, 0.1) is 6.92 Å². The van der Waals surface area contributed by atoms with Crippen molar-refractivity contribution in [3.63, 3.8) is 0 Å². The number of ether oxygens (including phenoxy) is 1. The van der Waals surface area contributed by atoms with Crippen LogP contribution in [0.5, 0.6) is 11.5 Å². The molecule has 2 atom stereocenters. The Bertz CT molecular complexity index is 733. The van der Waals surface area contributed by atoms with Gasteiger partial charge in [-0.3, -0.25) is 0 Å². The molecule has 29 heavy (non-hydrogen) atoms. The average Bonchev–Trinajstić information content (AvgIpc) is 2.69. The molecule has 0 spiro atoms. The summed E-state index contributed by atoms with van der Waals surface area (Å²) >= 11 is 0. The molecular formula is C23H33O5P. The van der Waals surface area contributed by atoms with E-state index in [9.17, 15) is 4.57 Å². The van der Waals surface area contributed by atoms with Crippen molar-refractivity contribution >= 4 is 7.82 Å². The summed E-state index contributed by atoms with van der Waals surface area (Å²) in [7, 11) is -3.93. The maximum absolute atomic E-state index is 13.3. The van der Waals surface area contributed by atoms with Crippen molar-refractivity contribution in [2.45, 2.75) is 65.6 Å². The largest absolute Gasteiger partial charge is 0.589 e. The van der Waals surface area contributed by atoms with Crippen molar-refractivity contribution in [3.8, 4) is 11.5 Å². The minimum atomic E-state index is -3.93. The smallest absolute Gasteiger partial charge is 0.395 e. The fourth-order valence-electron chi connectivity index (χ4n) is 2.74. The minimum Gasteiger partial charge on any atom is -0.395 e. The van der Waals surface area contributed by atoms with E-state index in [1.54, 1.807) is 43.3 Å². The molecular weight excluding hydrogens is 387 g/mol. The second kappa shape index (κ2) is 12.7. The molecule has 0 fully saturated rings. The molecule has 0 saturated heterocycles. The van der Waals surface area contributed by atoms with Crippen molar-refractivity contribution in [2.75, 3.05) is 6.61 Å². The normalized spacial score (nSPS) is 14.2. The summed E-state index contributed by atoms with van der Waals surface area (Å²) < 4.78 is 35.8. The highest BCUT2D eigenvalue weighted by Crippen LogP contribution is 2.50. The van der Waals surface area contributed by atoms with Crippen LogP contribution in [-0.2, 0) is 13.8 Å². The first-order valence-electron chi connectivity index (χ1n) is 10.4. The predicted molar refractivity (Wildman–Crippen MR) is 116 cm³/mol. The summed E-state index contributed by atoms with van der Waals surface area (Å²) in [5, 5.41) is 0. The van der Waals surface area contributed by atoms with E-state index in [2.05, 4.69) is 6.92 Å². The zero-order valence-electron chi connectivity index (χ0n) is 17.7. The second-order valence-electron chi connectivity index (χ2n) is 7.07. The van der Waals surface area contributed by atoms with Crippen LogP contribution < -0.4 is 9.05 Å². The Morgan fingerprint density at radius 1 is 0.828 bits per heavy atom. The highest BCUT2D eigenvalue weighted by molar-refractivity contribution is 7.49. The number of hydrogen-bond donors (Lipinski definition) is 0. The zero-order chi connectivity index (χ0) is 21.0. The summed E-state index contributed by atoms with van der Waals surface area (Å²) in [6.45, 7) is 6.43. The molecule has 5 nitrogen and oxygen atoms in total. The predicted octanol–water partition coefficient (Wildman–Crippen LogP) is 7.30. The first-order chi connectivity index (χ1) is 14.0. The van der Waals surface area contributed by atoms with E-state index in [0.29, 0.717) is 18.1 Å². The van der Waals surface area contributed by atoms with Gasteiger partial charge >= 0.3 is 7.82 Å². The third kappa shape index (κ3) is 9.49. The molecule has 0 aliphatic heterocycles. The number of aryl methyl sites for hydroxylation is 1. The van der Waals surface area contributed by atoms with Crippen LogP contribution in [0.2, 0.25) is 0 Å². The topological polar surface area (TPSA) is 54.0 Å². The SMILES string of the molecule is CCCCCCCCOC(C)OP(=O)(Oc1ccccc1)Oc1ccc(C)cc1. The average molecular weight is 420 g/mol. The first kappa shape index (κ1) is 23.5. The Kier molecular flexibility index (Phi) is 10.3. The van der Waals surface area contributed by atoms with E-state index < -0.39 is 14.1 Å². The third-order valence-electron chi connectivity index (χ3n) is 4.33. The van der Waals surface area contributed by atoms with Gasteiger partial charge in [-0.05, 0) is 44.5 Å². The highest BCUT2D eigenvalue weighted by atomic mass is 31.2. The van der Waals surface area contributed by atoms with Gasteiger partial charge in [0.15, 0.2) is 6.29 Å². The van der Waals surface area contributed by atoms with Crippen LogP contribution in [0.3, 0.4) is 0 Å². The molecule has 0 heterocycles. The van der Waals surface area contributed by atoms with E-state index in [-0.39, 0.29) is 0 Å². The van der Waals surface area contributed by atoms with E-state index in [4.69, 9.17) is 18.3 Å². The Morgan fingerprint density at radius 2 is 1.41 bits per heavy atom. The summed E-state index contributed by atoms with van der Waals surface area (Å²) in [4.78, 5) is 0. The van der Waals surface area contributed by atoms with Gasteiger partial charge in [-0.25, -0.2) is 9.09 Å². The van der Waals surface area contributed by atoms with Crippen LogP contribution in [0.4, 0.5) is 0 Å². The molecule has 0 aromatic heterocycles. The van der Waals surface area contributed by atoms with E-state index in [1.165, 1.54) is 25.7 Å². The minimum absolute atomic E-state index is 0.408. The molecule has 0 aliphatic carbocycles. The van der Waals surface area contributed by atoms with Crippen molar-refractivity contribution in [3.05, 3.63) is 60.2 Å². The van der Waals surface area contributed by atoms with Crippen LogP contribution in [-0.4, -0.2) is 12.9 Å². The standard InChI is InChI=1S/C23H33O5P/c1-4-5-6-7-8-12-19-25-21(3)26-29(24,27-22-13-10-9-11-14-22)28-23-17-15-20(2)16-18-23/h9-11,13-18,21H,4-8,12,19H2,1-3H3. The van der Waals surface area contributed by atoms with Gasteiger partial charge in [0.05, 0.1) is 0 Å². The summed E-state index contributed by atoms with van der Waals surface area (Å²) in [5.74, 6) is 0.823. The molecule has 160 valence electrons. The van der Waals surface area contributed by atoms with Crippen molar-refractivity contribution in [2.24, 2.45) is 0 Å². The van der Waals surface area contributed by atoms with Crippen LogP contribution in [0.15, 0.2) is 54.6 Å². The quantitative estimate of drug-likeness (QED) is 0.182. The Labute approximate surface area is 175 Å². The summed E-state index contributed by atoms with van der Waals surface area (Å²) in [6.07, 6.45) is 6.32. The Morgan fingerprint density at radius 3 is 2.07 bits per heavy atom. The van der Waals surface area contributed by atoms with E-state index in [0.717, 1.165) is 18.4 Å². The lowest BCUT2D eigenvalue weighted by Gasteiger charge is -2.22. The maximum atomic E-state index is 13.3. The van der Waals surface area contributed by atoms with Gasteiger partial charge < -0.3 is 13.8 Å². The molecule has 0 saturated carbocycles. The van der Waals surface area contributed by atoms with Gasteiger partial charge in [0.1, 0.15) is 11.5 Å². The molecule has 2 rings (SSSR count). The fourth-order valence-corrected chi connectivity index (χ4v) is 4.05. The van der Waals surface area contributed by atoms with Gasteiger partial charge in [0.2, 0.25) is 0 Å². The Balaban J connectivity index is 1.92. The molecule has 2 aromatic carbocycles. The van der Waals surface area contributed by atoms with Crippen LogP contribution in [0.25, 0.3) is 0 Å². The number of unbranched alkanes of at least 4 members (excludes halogenated alkanes) is 5. The highest BCUT2D eigenvalue weighted by Gasteiger charge is 2.33. The monoisotopic (exact) mass is 420 g/mol. The zero-order valence-corrected chi connectivity index (χ0v) is 18.6. The summed E-state index contributed by atoms with van der Waals surface area (Å²) in [5.41, 5.74) is 1.08. The summed E-state index contributed by atoms with van der Waals surface area (Å²) in [6, 6.07) is 16.1. The third-order valence-corrected chi connectivity index (χ3v) is 5.75. The van der Waals surface area contributed by atoms with Gasteiger partial charge in [0.25, 0.3) is 0 Å². The number of benzene rings is 2. The molecule has 2 aromatic rings. The molecule has 0 amide bonds. The number of hydrogen-bond acceptors (Lipinski definition) is 5. The van der Waals surface area contributed by atoms with Crippen molar-refractivity contribution in [1.29, 1.82) is 0 Å². The van der Waals surface area contributed by atoms with Gasteiger partial charge in [0, 0.05) is 6.61 Å². The molecule has 0 aliphatic rings. The van der Waals surface area contributed by atoms with Crippen LogP contribution >= 0.6 is 7.82 Å². The number of para-hydroxylation sites is 1. The Hall–Kier alpha value is -1.81. The van der Waals surface area contributed by atoms with Crippen LogP contribution in [0.1, 0.15) is 57.9 Å². The van der Waals surface area contributed by atoms with E-state index in [1.807, 2.05) is 25.1 Å². The lowest BCUT2D eigenvalue weighted by molar-refractivity contribution is -0.0781. The molecule has 6 heteroatoms. The van der Waals surface area contributed by atoms with Gasteiger partial charge in [-0.2, -0.15) is 0 Å².